The van der Waals surface area contributed by atoms with E-state index in [0.29, 0.717) is 5.88 Å². The van der Waals surface area contributed by atoms with Crippen molar-refractivity contribution in [2.45, 2.75) is 30.6 Å². The molecule has 18 heavy (non-hydrogen) atoms. The van der Waals surface area contributed by atoms with E-state index in [-0.39, 0.29) is 0 Å². The van der Waals surface area contributed by atoms with Gasteiger partial charge in [0.2, 0.25) is 0 Å². The SMILES string of the molecule is Cc1ccc(CSc2ncc(CCl)n2C)cc1C. The molecular weight excluding hydrogens is 264 g/mol. The lowest BCUT2D eigenvalue weighted by molar-refractivity contribution is 0.761. The second-order valence-corrected chi connectivity index (χ2v) is 5.64. The number of hydrogen-bond donors (Lipinski definition) is 0. The van der Waals surface area contributed by atoms with Crippen molar-refractivity contribution in [3.63, 3.8) is 0 Å². The standard InChI is InChI=1S/C14H17ClN2S/c1-10-4-5-12(6-11(10)2)9-18-14-16-8-13(7-15)17(14)3/h4-6,8H,7,9H2,1-3H3. The van der Waals surface area contributed by atoms with Crippen LogP contribution in [-0.4, -0.2) is 9.55 Å². The summed E-state index contributed by atoms with van der Waals surface area (Å²) in [5.74, 6) is 1.45. The summed E-state index contributed by atoms with van der Waals surface area (Å²) in [4.78, 5) is 4.38. The van der Waals surface area contributed by atoms with Crippen LogP contribution in [0.4, 0.5) is 0 Å². The Morgan fingerprint density at radius 1 is 1.28 bits per heavy atom. The van der Waals surface area contributed by atoms with E-state index < -0.39 is 0 Å². The molecule has 1 heterocycles. The molecule has 0 unspecified atom stereocenters. The van der Waals surface area contributed by atoms with E-state index in [1.165, 1.54) is 16.7 Å². The molecule has 2 aromatic rings. The fraction of sp³-hybridized carbons (Fsp3) is 0.357. The molecule has 0 amide bonds. The van der Waals surface area contributed by atoms with Gasteiger partial charge >= 0.3 is 0 Å². The number of thioether (sulfide) groups is 1. The van der Waals surface area contributed by atoms with Crippen LogP contribution in [0.5, 0.6) is 0 Å². The van der Waals surface area contributed by atoms with Crippen molar-refractivity contribution in [1.29, 1.82) is 0 Å². The smallest absolute Gasteiger partial charge is 0.168 e. The quantitative estimate of drug-likeness (QED) is 0.621. The van der Waals surface area contributed by atoms with E-state index in [1.54, 1.807) is 11.8 Å². The molecule has 0 bridgehead atoms. The summed E-state index contributed by atoms with van der Waals surface area (Å²) in [5.41, 5.74) is 5.07. The van der Waals surface area contributed by atoms with Gasteiger partial charge in [-0.2, -0.15) is 0 Å². The molecule has 0 saturated carbocycles. The Hall–Kier alpha value is -0.930. The van der Waals surface area contributed by atoms with Gasteiger partial charge in [0.15, 0.2) is 5.16 Å². The molecule has 96 valence electrons. The van der Waals surface area contributed by atoms with Crippen LogP contribution in [-0.2, 0) is 18.7 Å². The van der Waals surface area contributed by atoms with Crippen molar-refractivity contribution in [3.05, 3.63) is 46.8 Å². The lowest BCUT2D eigenvalue weighted by Gasteiger charge is -2.06. The van der Waals surface area contributed by atoms with Gasteiger partial charge in [0.1, 0.15) is 0 Å². The first-order valence-electron chi connectivity index (χ1n) is 5.87. The highest BCUT2D eigenvalue weighted by molar-refractivity contribution is 7.98. The summed E-state index contributed by atoms with van der Waals surface area (Å²) in [6.07, 6.45) is 1.84. The van der Waals surface area contributed by atoms with Crippen LogP contribution in [0.1, 0.15) is 22.4 Å². The van der Waals surface area contributed by atoms with Crippen LogP contribution >= 0.6 is 23.4 Å². The highest BCUT2D eigenvalue weighted by Gasteiger charge is 2.06. The Morgan fingerprint density at radius 2 is 2.06 bits per heavy atom. The van der Waals surface area contributed by atoms with E-state index in [2.05, 4.69) is 41.6 Å². The zero-order chi connectivity index (χ0) is 13.1. The third-order valence-electron chi connectivity index (χ3n) is 3.12. The van der Waals surface area contributed by atoms with Crippen molar-refractivity contribution >= 4 is 23.4 Å². The molecule has 0 N–H and O–H groups in total. The van der Waals surface area contributed by atoms with Gasteiger partial charge in [0.05, 0.1) is 17.8 Å². The van der Waals surface area contributed by atoms with Crippen molar-refractivity contribution in [1.82, 2.24) is 9.55 Å². The van der Waals surface area contributed by atoms with Crippen LogP contribution < -0.4 is 0 Å². The highest BCUT2D eigenvalue weighted by atomic mass is 35.5. The molecule has 4 heteroatoms. The van der Waals surface area contributed by atoms with E-state index in [4.69, 9.17) is 11.6 Å². The number of rotatable bonds is 4. The fourth-order valence-corrected chi connectivity index (χ4v) is 2.89. The predicted molar refractivity (Wildman–Crippen MR) is 78.2 cm³/mol. The van der Waals surface area contributed by atoms with E-state index in [0.717, 1.165) is 16.6 Å². The van der Waals surface area contributed by atoms with Gasteiger partial charge in [-0.15, -0.1) is 11.6 Å². The second-order valence-electron chi connectivity index (χ2n) is 4.43. The maximum Gasteiger partial charge on any atom is 0.168 e. The van der Waals surface area contributed by atoms with Gasteiger partial charge in [-0.25, -0.2) is 4.98 Å². The number of aromatic nitrogens is 2. The Bertz CT molecular complexity index is 549. The lowest BCUT2D eigenvalue weighted by Crippen LogP contribution is -1.95. The van der Waals surface area contributed by atoms with E-state index >= 15 is 0 Å². The normalized spacial score (nSPS) is 10.9. The lowest BCUT2D eigenvalue weighted by atomic mass is 10.1. The first-order valence-corrected chi connectivity index (χ1v) is 7.39. The molecule has 0 fully saturated rings. The maximum atomic E-state index is 5.83. The van der Waals surface area contributed by atoms with Crippen LogP contribution in [0.3, 0.4) is 0 Å². The van der Waals surface area contributed by atoms with Crippen LogP contribution in [0.15, 0.2) is 29.6 Å². The number of aryl methyl sites for hydroxylation is 2. The molecule has 2 nitrogen and oxygen atoms in total. The largest absolute Gasteiger partial charge is 0.325 e. The Balaban J connectivity index is 2.06. The molecule has 0 aliphatic heterocycles. The van der Waals surface area contributed by atoms with Crippen LogP contribution in [0.25, 0.3) is 0 Å². The molecule has 0 radical (unpaired) electrons. The highest BCUT2D eigenvalue weighted by Crippen LogP contribution is 2.23. The zero-order valence-corrected chi connectivity index (χ0v) is 12.5. The maximum absolute atomic E-state index is 5.83. The first-order chi connectivity index (χ1) is 8.61. The van der Waals surface area contributed by atoms with E-state index in [1.807, 2.05) is 13.2 Å². The topological polar surface area (TPSA) is 17.8 Å². The summed E-state index contributed by atoms with van der Waals surface area (Å²) >= 11 is 7.57. The number of halogens is 1. The molecule has 0 aliphatic carbocycles. The molecule has 1 aromatic carbocycles. The average Bonchev–Trinajstić information content (AvgIpc) is 2.72. The Morgan fingerprint density at radius 3 is 2.67 bits per heavy atom. The predicted octanol–water partition coefficient (Wildman–Crippen LogP) is 4.07. The Kier molecular flexibility index (Phi) is 4.36. The summed E-state index contributed by atoms with van der Waals surface area (Å²) < 4.78 is 2.05. The average molecular weight is 281 g/mol. The minimum atomic E-state index is 0.508. The molecule has 0 atom stereocenters. The first kappa shape index (κ1) is 13.5. The monoisotopic (exact) mass is 280 g/mol. The van der Waals surface area contributed by atoms with Gasteiger partial charge in [-0.1, -0.05) is 30.0 Å². The summed E-state index contributed by atoms with van der Waals surface area (Å²) in [6, 6.07) is 6.60. The van der Waals surface area contributed by atoms with Crippen molar-refractivity contribution in [2.75, 3.05) is 0 Å². The summed E-state index contributed by atoms with van der Waals surface area (Å²) in [5, 5.41) is 1.02. The Labute approximate surface area is 117 Å². The zero-order valence-electron chi connectivity index (χ0n) is 10.9. The molecule has 0 saturated heterocycles. The third-order valence-corrected chi connectivity index (χ3v) is 4.51. The fourth-order valence-electron chi connectivity index (χ4n) is 1.73. The van der Waals surface area contributed by atoms with Gasteiger partial charge in [0.25, 0.3) is 0 Å². The molecule has 2 rings (SSSR count). The minimum absolute atomic E-state index is 0.508. The molecular formula is C14H17ClN2S. The van der Waals surface area contributed by atoms with Gasteiger partial charge < -0.3 is 4.57 Å². The number of alkyl halides is 1. The van der Waals surface area contributed by atoms with Crippen molar-refractivity contribution in [2.24, 2.45) is 7.05 Å². The minimum Gasteiger partial charge on any atom is -0.325 e. The van der Waals surface area contributed by atoms with Crippen molar-refractivity contribution in [3.8, 4) is 0 Å². The number of benzene rings is 1. The molecule has 1 aromatic heterocycles. The van der Waals surface area contributed by atoms with Crippen LogP contribution in [0.2, 0.25) is 0 Å². The number of imidazole rings is 1. The number of hydrogen-bond acceptors (Lipinski definition) is 2. The van der Waals surface area contributed by atoms with Crippen molar-refractivity contribution < 1.29 is 0 Å². The van der Waals surface area contributed by atoms with Gasteiger partial charge in [-0.3, -0.25) is 0 Å². The van der Waals surface area contributed by atoms with Gasteiger partial charge in [-0.05, 0) is 30.5 Å². The summed E-state index contributed by atoms with van der Waals surface area (Å²) in [7, 11) is 2.01. The third kappa shape index (κ3) is 2.90. The molecule has 0 spiro atoms. The second kappa shape index (κ2) is 5.81. The number of nitrogens with zero attached hydrogens (tertiary/aromatic N) is 2. The summed E-state index contributed by atoms with van der Waals surface area (Å²) in [6.45, 7) is 4.29. The van der Waals surface area contributed by atoms with E-state index in [9.17, 15) is 0 Å². The van der Waals surface area contributed by atoms with Crippen LogP contribution in [0, 0.1) is 13.8 Å². The van der Waals surface area contributed by atoms with Gasteiger partial charge in [0, 0.05) is 12.8 Å². The molecule has 0 aliphatic rings.